The van der Waals surface area contributed by atoms with Crippen LogP contribution in [-0.2, 0) is 24.2 Å². The van der Waals surface area contributed by atoms with Crippen molar-refractivity contribution in [1.82, 2.24) is 19.7 Å². The molecule has 31 heavy (non-hydrogen) atoms. The van der Waals surface area contributed by atoms with E-state index in [1.165, 1.54) is 12.1 Å². The van der Waals surface area contributed by atoms with E-state index >= 15 is 0 Å². The second kappa shape index (κ2) is 8.83. The molecule has 0 saturated carbocycles. The minimum atomic E-state index is -0.239. The van der Waals surface area contributed by atoms with Gasteiger partial charge in [0.15, 0.2) is 5.82 Å². The highest BCUT2D eigenvalue weighted by Gasteiger charge is 2.35. The zero-order valence-corrected chi connectivity index (χ0v) is 18.1. The van der Waals surface area contributed by atoms with Crippen LogP contribution in [0.3, 0.4) is 0 Å². The van der Waals surface area contributed by atoms with Gasteiger partial charge in [0, 0.05) is 26.7 Å². The molecular formula is C23H27FN6O. The Morgan fingerprint density at radius 2 is 1.84 bits per heavy atom. The highest BCUT2D eigenvalue weighted by molar-refractivity contribution is 6.04. The monoisotopic (exact) mass is 422 g/mol. The van der Waals surface area contributed by atoms with E-state index in [4.69, 9.17) is 4.98 Å². The third-order valence-corrected chi connectivity index (χ3v) is 5.72. The molecule has 4 rings (SSSR count). The zero-order valence-electron chi connectivity index (χ0n) is 18.1. The molecule has 3 aromatic rings. The van der Waals surface area contributed by atoms with Crippen molar-refractivity contribution < 1.29 is 9.18 Å². The van der Waals surface area contributed by atoms with Crippen molar-refractivity contribution in [2.45, 2.75) is 45.2 Å². The summed E-state index contributed by atoms with van der Waals surface area (Å²) in [4.78, 5) is 25.5. The Bertz CT molecular complexity index is 1060. The van der Waals surface area contributed by atoms with E-state index in [9.17, 15) is 9.18 Å². The molecule has 8 heteroatoms. The number of halogens is 1. The molecule has 1 aliphatic rings. The third-order valence-electron chi connectivity index (χ3n) is 5.72. The van der Waals surface area contributed by atoms with Gasteiger partial charge in [-0.1, -0.05) is 25.5 Å². The number of carbonyl (C=O) groups is 1. The summed E-state index contributed by atoms with van der Waals surface area (Å²) in [5.41, 5.74) is 2.83. The summed E-state index contributed by atoms with van der Waals surface area (Å²) in [7, 11) is 3.72. The lowest BCUT2D eigenvalue weighted by atomic mass is 10.1. The Labute approximate surface area is 181 Å². The fourth-order valence-electron chi connectivity index (χ4n) is 3.92. The number of rotatable bonds is 7. The fraction of sp³-hybridized carbons (Fsp3) is 0.391. The van der Waals surface area contributed by atoms with Crippen LogP contribution in [0.5, 0.6) is 0 Å². The lowest BCUT2D eigenvalue weighted by molar-refractivity contribution is -0.120. The van der Waals surface area contributed by atoms with Gasteiger partial charge >= 0.3 is 0 Å². The largest absolute Gasteiger partial charge is 0.346 e. The predicted molar refractivity (Wildman–Crippen MR) is 118 cm³/mol. The number of amides is 1. The zero-order chi connectivity index (χ0) is 22.0. The van der Waals surface area contributed by atoms with E-state index < -0.39 is 0 Å². The number of benzene rings is 1. The summed E-state index contributed by atoms with van der Waals surface area (Å²) < 4.78 is 14.9. The summed E-state index contributed by atoms with van der Waals surface area (Å²) >= 11 is 0. The Morgan fingerprint density at radius 1 is 1.06 bits per heavy atom. The van der Waals surface area contributed by atoms with Crippen LogP contribution < -0.4 is 9.80 Å². The number of hydrogen-bond donors (Lipinski definition) is 0. The van der Waals surface area contributed by atoms with Gasteiger partial charge < -0.3 is 9.80 Å². The first-order valence-corrected chi connectivity index (χ1v) is 10.6. The van der Waals surface area contributed by atoms with Crippen molar-refractivity contribution in [3.05, 3.63) is 65.6 Å². The van der Waals surface area contributed by atoms with Gasteiger partial charge in [0.25, 0.3) is 0 Å². The normalized spacial score (nSPS) is 16.0. The van der Waals surface area contributed by atoms with Crippen molar-refractivity contribution in [1.29, 1.82) is 0 Å². The van der Waals surface area contributed by atoms with E-state index in [1.807, 2.05) is 29.0 Å². The van der Waals surface area contributed by atoms with Crippen molar-refractivity contribution in [3.8, 4) is 0 Å². The molecule has 0 N–H and O–H groups in total. The van der Waals surface area contributed by atoms with E-state index in [1.54, 1.807) is 30.3 Å². The Hall–Kier alpha value is -3.29. The van der Waals surface area contributed by atoms with Crippen LogP contribution in [0.15, 0.2) is 42.9 Å². The SMILES string of the molecule is CCCC1C(=O)N(C)c2cnc(CCc3cnn(Cc4ccc(F)cc4)c3)nc2N1C. The van der Waals surface area contributed by atoms with E-state index in [-0.39, 0.29) is 17.8 Å². The average molecular weight is 423 g/mol. The number of carbonyl (C=O) groups excluding carboxylic acids is 1. The maximum atomic E-state index is 13.1. The topological polar surface area (TPSA) is 67.2 Å². The summed E-state index contributed by atoms with van der Waals surface area (Å²) in [6, 6.07) is 6.26. The average Bonchev–Trinajstić information content (AvgIpc) is 3.22. The molecule has 0 radical (unpaired) electrons. The summed E-state index contributed by atoms with van der Waals surface area (Å²) in [5, 5.41) is 4.41. The Kier molecular flexibility index (Phi) is 5.97. The second-order valence-electron chi connectivity index (χ2n) is 7.98. The van der Waals surface area contributed by atoms with Gasteiger partial charge in [0.2, 0.25) is 5.91 Å². The van der Waals surface area contributed by atoms with Crippen molar-refractivity contribution in [2.24, 2.45) is 0 Å². The van der Waals surface area contributed by atoms with E-state index in [0.717, 1.165) is 47.7 Å². The number of aromatic nitrogens is 4. The first-order valence-electron chi connectivity index (χ1n) is 10.6. The molecule has 1 aliphatic heterocycles. The van der Waals surface area contributed by atoms with Crippen LogP contribution in [0.4, 0.5) is 15.9 Å². The quantitative estimate of drug-likeness (QED) is 0.585. The molecule has 1 aromatic carbocycles. The molecule has 1 amide bonds. The van der Waals surface area contributed by atoms with Crippen molar-refractivity contribution in [2.75, 3.05) is 23.9 Å². The number of hydrogen-bond acceptors (Lipinski definition) is 5. The Balaban J connectivity index is 1.44. The van der Waals surface area contributed by atoms with Gasteiger partial charge in [-0.2, -0.15) is 5.10 Å². The van der Waals surface area contributed by atoms with Crippen LogP contribution in [0.1, 0.15) is 36.7 Å². The predicted octanol–water partition coefficient (Wildman–Crippen LogP) is 3.23. The minimum absolute atomic E-state index is 0.0850. The van der Waals surface area contributed by atoms with Crippen LogP contribution in [-0.4, -0.2) is 45.8 Å². The van der Waals surface area contributed by atoms with Gasteiger partial charge in [-0.15, -0.1) is 0 Å². The van der Waals surface area contributed by atoms with Crippen molar-refractivity contribution >= 4 is 17.4 Å². The van der Waals surface area contributed by atoms with Crippen LogP contribution in [0.2, 0.25) is 0 Å². The molecule has 3 heterocycles. The molecule has 1 unspecified atom stereocenters. The number of aryl methyl sites for hydroxylation is 2. The molecule has 0 spiro atoms. The van der Waals surface area contributed by atoms with Crippen LogP contribution in [0, 0.1) is 5.82 Å². The lowest BCUT2D eigenvalue weighted by Gasteiger charge is -2.38. The highest BCUT2D eigenvalue weighted by atomic mass is 19.1. The molecular weight excluding hydrogens is 395 g/mol. The Morgan fingerprint density at radius 3 is 2.58 bits per heavy atom. The molecule has 162 valence electrons. The van der Waals surface area contributed by atoms with E-state index in [2.05, 4.69) is 17.0 Å². The second-order valence-corrected chi connectivity index (χ2v) is 7.98. The number of anilines is 2. The first-order chi connectivity index (χ1) is 15.0. The molecule has 1 atom stereocenters. The molecule has 0 saturated heterocycles. The fourth-order valence-corrected chi connectivity index (χ4v) is 3.92. The van der Waals surface area contributed by atoms with Gasteiger partial charge in [-0.05, 0) is 36.1 Å². The van der Waals surface area contributed by atoms with Crippen LogP contribution in [0.25, 0.3) is 0 Å². The number of nitrogens with zero attached hydrogens (tertiary/aromatic N) is 6. The first kappa shape index (κ1) is 21.0. The summed E-state index contributed by atoms with van der Waals surface area (Å²) in [5.74, 6) is 1.39. The van der Waals surface area contributed by atoms with Gasteiger partial charge in [-0.25, -0.2) is 14.4 Å². The van der Waals surface area contributed by atoms with Gasteiger partial charge in [-0.3, -0.25) is 9.48 Å². The van der Waals surface area contributed by atoms with Gasteiger partial charge in [0.1, 0.15) is 23.4 Å². The van der Waals surface area contributed by atoms with Gasteiger partial charge in [0.05, 0.1) is 18.9 Å². The standard InChI is InChI=1S/C23H27FN6O/c1-4-5-19-23(31)29(3)20-13-25-21(27-22(20)28(19)2)11-8-17-12-26-30(15-17)14-16-6-9-18(24)10-7-16/h6-7,9-10,12-13,15,19H,4-5,8,11,14H2,1-3H3. The molecule has 7 nitrogen and oxygen atoms in total. The number of likely N-dealkylation sites (N-methyl/N-ethyl adjacent to an activating group) is 2. The minimum Gasteiger partial charge on any atom is -0.346 e. The van der Waals surface area contributed by atoms with E-state index in [0.29, 0.717) is 13.0 Å². The molecule has 0 bridgehead atoms. The van der Waals surface area contributed by atoms with Crippen molar-refractivity contribution in [3.63, 3.8) is 0 Å². The third kappa shape index (κ3) is 4.42. The summed E-state index contributed by atoms with van der Waals surface area (Å²) in [6.07, 6.45) is 8.76. The summed E-state index contributed by atoms with van der Waals surface area (Å²) in [6.45, 7) is 2.68. The van der Waals surface area contributed by atoms with Crippen LogP contribution >= 0.6 is 0 Å². The maximum absolute atomic E-state index is 13.1. The molecule has 0 aliphatic carbocycles. The highest BCUT2D eigenvalue weighted by Crippen LogP contribution is 2.33. The molecule has 0 fully saturated rings. The number of fused-ring (bicyclic) bond motifs is 1. The smallest absolute Gasteiger partial charge is 0.249 e. The maximum Gasteiger partial charge on any atom is 0.249 e. The lowest BCUT2D eigenvalue weighted by Crippen LogP contribution is -2.51. The molecule has 2 aromatic heterocycles.